The lowest BCUT2D eigenvalue weighted by atomic mass is 9.88. The summed E-state index contributed by atoms with van der Waals surface area (Å²) in [5.74, 6) is 0.930. The number of carbonyl (C=O) groups excluding carboxylic acids is 1. The predicted octanol–water partition coefficient (Wildman–Crippen LogP) is 3.14. The molecular weight excluding hydrogens is 312 g/mol. The zero-order valence-electron chi connectivity index (χ0n) is 15.4. The number of rotatable bonds is 5. The summed E-state index contributed by atoms with van der Waals surface area (Å²) in [5.41, 5.74) is 7.27. The van der Waals surface area contributed by atoms with E-state index in [0.717, 1.165) is 37.4 Å². The molecule has 2 N–H and O–H groups in total. The second-order valence-corrected chi connectivity index (χ2v) is 7.84. The van der Waals surface area contributed by atoms with Crippen molar-refractivity contribution in [1.82, 2.24) is 4.90 Å². The Morgan fingerprint density at radius 2 is 1.68 bits per heavy atom. The van der Waals surface area contributed by atoms with E-state index in [0.29, 0.717) is 18.6 Å². The van der Waals surface area contributed by atoms with Crippen molar-refractivity contribution in [2.24, 2.45) is 11.7 Å². The van der Waals surface area contributed by atoms with Gasteiger partial charge in [-0.2, -0.15) is 0 Å². The molecule has 1 saturated carbocycles. The molecule has 3 rings (SSSR count). The molecule has 1 aliphatic carbocycles. The minimum atomic E-state index is -0.445. The van der Waals surface area contributed by atoms with Gasteiger partial charge in [-0.05, 0) is 56.4 Å². The van der Waals surface area contributed by atoms with Crippen molar-refractivity contribution in [3.05, 3.63) is 35.9 Å². The molecule has 0 radical (unpaired) electrons. The van der Waals surface area contributed by atoms with Crippen LogP contribution in [-0.2, 0) is 16.0 Å². The highest BCUT2D eigenvalue weighted by Gasteiger charge is 2.29. The van der Waals surface area contributed by atoms with Crippen LogP contribution >= 0.6 is 0 Å². The van der Waals surface area contributed by atoms with Gasteiger partial charge in [0, 0.05) is 13.1 Å². The van der Waals surface area contributed by atoms with Gasteiger partial charge in [0.1, 0.15) is 0 Å². The highest BCUT2D eigenvalue weighted by molar-refractivity contribution is 5.82. The molecule has 1 aromatic rings. The number of piperidine rings is 1. The summed E-state index contributed by atoms with van der Waals surface area (Å²) < 4.78 is 6.30. The van der Waals surface area contributed by atoms with Crippen molar-refractivity contribution in [2.45, 2.75) is 70.1 Å². The molecule has 0 aromatic heterocycles. The smallest absolute Gasteiger partial charge is 0.239 e. The van der Waals surface area contributed by atoms with Gasteiger partial charge in [-0.25, -0.2) is 0 Å². The molecule has 1 aromatic carbocycles. The molecule has 0 unspecified atom stereocenters. The number of benzene rings is 1. The average Bonchev–Trinajstić information content (AvgIpc) is 2.64. The van der Waals surface area contributed by atoms with Crippen LogP contribution in [0.3, 0.4) is 0 Å². The number of hydrogen-bond acceptors (Lipinski definition) is 3. The summed E-state index contributed by atoms with van der Waals surface area (Å²) in [6.45, 7) is 3.88. The van der Waals surface area contributed by atoms with Gasteiger partial charge in [-0.3, -0.25) is 4.79 Å². The van der Waals surface area contributed by atoms with E-state index in [1.807, 2.05) is 35.2 Å². The lowest BCUT2D eigenvalue weighted by Crippen LogP contribution is -2.49. The van der Waals surface area contributed by atoms with Gasteiger partial charge < -0.3 is 15.4 Å². The van der Waals surface area contributed by atoms with Gasteiger partial charge in [0.2, 0.25) is 5.91 Å². The lowest BCUT2D eigenvalue weighted by Gasteiger charge is -2.36. The molecule has 1 aliphatic heterocycles. The fourth-order valence-corrected chi connectivity index (χ4v) is 4.04. The summed E-state index contributed by atoms with van der Waals surface area (Å²) in [6.07, 6.45) is 8.20. The Morgan fingerprint density at radius 1 is 1.08 bits per heavy atom. The van der Waals surface area contributed by atoms with Crippen molar-refractivity contribution in [3.8, 4) is 0 Å². The standard InChI is InChI=1S/C21H32N2O2/c1-16-7-9-18(10-8-16)25-19-11-13-23(14-12-19)21(24)20(22)15-17-5-3-2-4-6-17/h2-6,16,18-20H,7-15,22H2,1H3/t16?,18?,20-/m0/s1. The van der Waals surface area contributed by atoms with E-state index in [4.69, 9.17) is 10.5 Å². The van der Waals surface area contributed by atoms with Crippen molar-refractivity contribution >= 4 is 5.91 Å². The van der Waals surface area contributed by atoms with Crippen molar-refractivity contribution in [3.63, 3.8) is 0 Å². The maximum atomic E-state index is 12.6. The normalized spacial score (nSPS) is 26.4. The number of amides is 1. The number of hydrogen-bond donors (Lipinski definition) is 1. The molecule has 25 heavy (non-hydrogen) atoms. The van der Waals surface area contributed by atoms with Crippen LogP contribution in [0.4, 0.5) is 0 Å². The minimum absolute atomic E-state index is 0.0776. The maximum Gasteiger partial charge on any atom is 0.239 e. The van der Waals surface area contributed by atoms with Crippen molar-refractivity contribution in [1.29, 1.82) is 0 Å². The van der Waals surface area contributed by atoms with Crippen LogP contribution in [0.25, 0.3) is 0 Å². The molecule has 2 fully saturated rings. The molecule has 1 heterocycles. The first-order valence-corrected chi connectivity index (χ1v) is 9.85. The summed E-state index contributed by atoms with van der Waals surface area (Å²) in [5, 5.41) is 0. The van der Waals surface area contributed by atoms with E-state index in [2.05, 4.69) is 6.92 Å². The van der Waals surface area contributed by atoms with Crippen LogP contribution in [0, 0.1) is 5.92 Å². The molecule has 0 spiro atoms. The molecule has 1 saturated heterocycles. The van der Waals surface area contributed by atoms with Crippen LogP contribution in [0.2, 0.25) is 0 Å². The van der Waals surface area contributed by atoms with Gasteiger partial charge >= 0.3 is 0 Å². The average molecular weight is 344 g/mol. The first-order valence-electron chi connectivity index (χ1n) is 9.85. The number of likely N-dealkylation sites (tertiary alicyclic amines) is 1. The van der Waals surface area contributed by atoms with Crippen LogP contribution in [0.5, 0.6) is 0 Å². The number of nitrogens with two attached hydrogens (primary N) is 1. The third-order valence-corrected chi connectivity index (χ3v) is 5.72. The Bertz CT molecular complexity index is 532. The van der Waals surface area contributed by atoms with E-state index >= 15 is 0 Å². The lowest BCUT2D eigenvalue weighted by molar-refractivity contribution is -0.136. The molecule has 1 amide bonds. The fourth-order valence-electron chi connectivity index (χ4n) is 4.04. The molecule has 2 aliphatic rings. The van der Waals surface area contributed by atoms with Crippen LogP contribution < -0.4 is 5.73 Å². The van der Waals surface area contributed by atoms with Crippen molar-refractivity contribution in [2.75, 3.05) is 13.1 Å². The Hall–Kier alpha value is -1.39. The third kappa shape index (κ3) is 5.29. The highest BCUT2D eigenvalue weighted by atomic mass is 16.5. The Kier molecular flexibility index (Phi) is 6.49. The topological polar surface area (TPSA) is 55.6 Å². The van der Waals surface area contributed by atoms with E-state index < -0.39 is 6.04 Å². The number of nitrogens with zero attached hydrogens (tertiary/aromatic N) is 1. The molecule has 0 bridgehead atoms. The largest absolute Gasteiger partial charge is 0.375 e. The number of ether oxygens (including phenoxy) is 1. The van der Waals surface area contributed by atoms with Gasteiger partial charge in [0.15, 0.2) is 0 Å². The SMILES string of the molecule is CC1CCC(OC2CCN(C(=O)[C@@H](N)Cc3ccccc3)CC2)CC1. The summed E-state index contributed by atoms with van der Waals surface area (Å²) in [4.78, 5) is 14.5. The Balaban J connectivity index is 1.41. The van der Waals surface area contributed by atoms with Crippen molar-refractivity contribution < 1.29 is 9.53 Å². The number of carbonyl (C=O) groups is 1. The quantitative estimate of drug-likeness (QED) is 0.893. The van der Waals surface area contributed by atoms with Crippen LogP contribution in [-0.4, -0.2) is 42.1 Å². The van der Waals surface area contributed by atoms with Gasteiger partial charge in [-0.15, -0.1) is 0 Å². The summed E-state index contributed by atoms with van der Waals surface area (Å²) in [7, 11) is 0. The van der Waals surface area contributed by atoms with Crippen LogP contribution in [0.15, 0.2) is 30.3 Å². The van der Waals surface area contributed by atoms with Gasteiger partial charge in [0.25, 0.3) is 0 Å². The molecule has 138 valence electrons. The van der Waals surface area contributed by atoms with E-state index in [-0.39, 0.29) is 5.91 Å². The van der Waals surface area contributed by atoms with Gasteiger partial charge in [0.05, 0.1) is 18.2 Å². The maximum absolute atomic E-state index is 12.6. The van der Waals surface area contributed by atoms with Crippen LogP contribution in [0.1, 0.15) is 51.0 Å². The second-order valence-electron chi connectivity index (χ2n) is 7.84. The Labute approximate surface area is 151 Å². The van der Waals surface area contributed by atoms with Gasteiger partial charge in [-0.1, -0.05) is 37.3 Å². The monoisotopic (exact) mass is 344 g/mol. The zero-order chi connectivity index (χ0) is 17.6. The molecule has 4 nitrogen and oxygen atoms in total. The highest BCUT2D eigenvalue weighted by Crippen LogP contribution is 2.28. The zero-order valence-corrected chi connectivity index (χ0v) is 15.4. The minimum Gasteiger partial charge on any atom is -0.375 e. The van der Waals surface area contributed by atoms with E-state index in [1.54, 1.807) is 0 Å². The summed E-state index contributed by atoms with van der Waals surface area (Å²) >= 11 is 0. The molecule has 4 heteroatoms. The fraction of sp³-hybridized carbons (Fsp3) is 0.667. The van der Waals surface area contributed by atoms with E-state index in [9.17, 15) is 4.79 Å². The first-order chi connectivity index (χ1) is 12.1. The predicted molar refractivity (Wildman–Crippen MR) is 100 cm³/mol. The molecule has 1 atom stereocenters. The third-order valence-electron chi connectivity index (χ3n) is 5.72. The molecular formula is C21H32N2O2. The van der Waals surface area contributed by atoms with E-state index in [1.165, 1.54) is 25.7 Å². The Morgan fingerprint density at radius 3 is 2.32 bits per heavy atom. The first kappa shape index (κ1) is 18.4. The summed E-state index contributed by atoms with van der Waals surface area (Å²) in [6, 6.07) is 9.56. The second kappa shape index (κ2) is 8.81.